The minimum absolute atomic E-state index is 0.194. The number of hydrogen-bond acceptors (Lipinski definition) is 7. The highest BCUT2D eigenvalue weighted by atomic mass is 32.1. The lowest BCUT2D eigenvalue weighted by Crippen LogP contribution is -2.20. The van der Waals surface area contributed by atoms with Crippen molar-refractivity contribution in [2.24, 2.45) is 0 Å². The van der Waals surface area contributed by atoms with Gasteiger partial charge in [0.2, 0.25) is 6.79 Å². The van der Waals surface area contributed by atoms with Gasteiger partial charge in [-0.3, -0.25) is 0 Å². The van der Waals surface area contributed by atoms with Crippen LogP contribution in [-0.2, 0) is 4.74 Å². The maximum atomic E-state index is 12.1. The van der Waals surface area contributed by atoms with Crippen molar-refractivity contribution in [1.29, 1.82) is 0 Å². The smallest absolute Gasteiger partial charge is 0.338 e. The topological polar surface area (TPSA) is 87.3 Å². The molecular formula is C20H22N2O6S. The quantitative estimate of drug-likeness (QED) is 0.515. The number of methoxy groups -OCH3 is 1. The molecule has 9 heteroatoms. The van der Waals surface area contributed by atoms with E-state index in [9.17, 15) is 4.79 Å². The van der Waals surface area contributed by atoms with Crippen molar-refractivity contribution in [3.63, 3.8) is 0 Å². The molecule has 2 aromatic rings. The molecule has 0 atom stereocenters. The predicted molar refractivity (Wildman–Crippen MR) is 113 cm³/mol. The molecule has 0 saturated heterocycles. The number of ether oxygens (including phenoxy) is 5. The number of thiocarbonyl (C=S) groups is 1. The van der Waals surface area contributed by atoms with Gasteiger partial charge in [-0.15, -0.1) is 0 Å². The zero-order chi connectivity index (χ0) is 20.8. The first kappa shape index (κ1) is 20.5. The van der Waals surface area contributed by atoms with Crippen molar-refractivity contribution in [1.82, 2.24) is 0 Å². The van der Waals surface area contributed by atoms with Gasteiger partial charge in [-0.2, -0.15) is 0 Å². The summed E-state index contributed by atoms with van der Waals surface area (Å²) < 4.78 is 26.9. The van der Waals surface area contributed by atoms with Gasteiger partial charge in [0, 0.05) is 11.8 Å². The average molecular weight is 418 g/mol. The lowest BCUT2D eigenvalue weighted by Gasteiger charge is -2.18. The van der Waals surface area contributed by atoms with Gasteiger partial charge in [-0.05, 0) is 50.3 Å². The van der Waals surface area contributed by atoms with E-state index in [-0.39, 0.29) is 6.79 Å². The Morgan fingerprint density at radius 3 is 2.55 bits per heavy atom. The van der Waals surface area contributed by atoms with E-state index in [1.54, 1.807) is 24.3 Å². The van der Waals surface area contributed by atoms with E-state index in [4.69, 9.17) is 35.9 Å². The Kier molecular flexibility index (Phi) is 6.61. The highest BCUT2D eigenvalue weighted by molar-refractivity contribution is 7.80. The Labute approximate surface area is 174 Å². The van der Waals surface area contributed by atoms with Crippen LogP contribution in [0.25, 0.3) is 0 Å². The summed E-state index contributed by atoms with van der Waals surface area (Å²) in [6, 6.07) is 8.59. The van der Waals surface area contributed by atoms with Crippen molar-refractivity contribution >= 4 is 34.7 Å². The van der Waals surface area contributed by atoms with Gasteiger partial charge in [0.25, 0.3) is 0 Å². The van der Waals surface area contributed by atoms with Crippen LogP contribution < -0.4 is 29.6 Å². The second-order valence-electron chi connectivity index (χ2n) is 5.86. The molecule has 1 aliphatic rings. The largest absolute Gasteiger partial charge is 0.490 e. The minimum Gasteiger partial charge on any atom is -0.490 e. The van der Waals surface area contributed by atoms with Crippen molar-refractivity contribution in [3.8, 4) is 23.0 Å². The maximum Gasteiger partial charge on any atom is 0.338 e. The number of benzene rings is 2. The van der Waals surface area contributed by atoms with E-state index in [1.807, 2.05) is 19.9 Å². The summed E-state index contributed by atoms with van der Waals surface area (Å²) in [6.45, 7) is 4.72. The molecular weight excluding hydrogens is 396 g/mol. The van der Waals surface area contributed by atoms with Gasteiger partial charge in [0.15, 0.2) is 28.1 Å². The second kappa shape index (κ2) is 9.33. The van der Waals surface area contributed by atoms with Gasteiger partial charge in [-0.1, -0.05) is 0 Å². The van der Waals surface area contributed by atoms with E-state index in [1.165, 1.54) is 7.11 Å². The number of carbonyl (C=O) groups is 1. The van der Waals surface area contributed by atoms with E-state index < -0.39 is 5.97 Å². The highest BCUT2D eigenvalue weighted by Crippen LogP contribution is 2.38. The zero-order valence-electron chi connectivity index (χ0n) is 16.4. The predicted octanol–water partition coefficient (Wildman–Crippen LogP) is 3.81. The number of fused-ring (bicyclic) bond motifs is 1. The summed E-state index contributed by atoms with van der Waals surface area (Å²) in [5, 5.41) is 6.44. The van der Waals surface area contributed by atoms with Gasteiger partial charge < -0.3 is 34.3 Å². The zero-order valence-corrected chi connectivity index (χ0v) is 17.2. The van der Waals surface area contributed by atoms with Crippen molar-refractivity contribution < 1.29 is 28.5 Å². The second-order valence-corrected chi connectivity index (χ2v) is 6.26. The van der Waals surface area contributed by atoms with Gasteiger partial charge in [0.05, 0.1) is 31.6 Å². The summed E-state index contributed by atoms with van der Waals surface area (Å²) in [7, 11) is 1.32. The summed E-state index contributed by atoms with van der Waals surface area (Å²) in [4.78, 5) is 12.1. The summed E-state index contributed by atoms with van der Waals surface area (Å²) in [5.74, 6) is 1.70. The molecule has 0 aromatic heterocycles. The SMILES string of the molecule is CCOc1cc(C(=O)OC)cc(NC(=S)Nc2ccc3c(c2)OCO3)c1OCC. The molecule has 0 spiro atoms. The van der Waals surface area contributed by atoms with Crippen molar-refractivity contribution in [2.75, 3.05) is 37.8 Å². The molecule has 0 radical (unpaired) electrons. The van der Waals surface area contributed by atoms with Crippen LogP contribution in [0, 0.1) is 0 Å². The number of esters is 1. The first-order chi connectivity index (χ1) is 14.0. The maximum absolute atomic E-state index is 12.1. The molecule has 154 valence electrons. The molecule has 8 nitrogen and oxygen atoms in total. The van der Waals surface area contributed by atoms with Crippen LogP contribution in [0.3, 0.4) is 0 Å². The third-order valence-electron chi connectivity index (χ3n) is 3.94. The molecule has 0 saturated carbocycles. The molecule has 0 fully saturated rings. The lowest BCUT2D eigenvalue weighted by molar-refractivity contribution is 0.0600. The van der Waals surface area contributed by atoms with Crippen LogP contribution in [0.5, 0.6) is 23.0 Å². The van der Waals surface area contributed by atoms with E-state index in [0.29, 0.717) is 52.6 Å². The molecule has 0 aliphatic carbocycles. The summed E-state index contributed by atoms with van der Waals surface area (Å²) in [6.07, 6.45) is 0. The molecule has 2 aromatic carbocycles. The first-order valence-corrected chi connectivity index (χ1v) is 9.46. The Hall–Kier alpha value is -3.20. The number of rotatable bonds is 7. The van der Waals surface area contributed by atoms with Crippen LogP contribution in [0.2, 0.25) is 0 Å². The Bertz CT molecular complexity index is 918. The number of nitrogens with one attached hydrogen (secondary N) is 2. The van der Waals surface area contributed by atoms with E-state index in [2.05, 4.69) is 10.6 Å². The van der Waals surface area contributed by atoms with Gasteiger partial charge >= 0.3 is 5.97 Å². The van der Waals surface area contributed by atoms with Crippen LogP contribution in [0.15, 0.2) is 30.3 Å². The van der Waals surface area contributed by atoms with Gasteiger partial charge in [0.1, 0.15) is 0 Å². The monoisotopic (exact) mass is 418 g/mol. The standard InChI is InChI=1S/C20H22N2O6S/c1-4-25-17-9-12(19(23)24-3)8-14(18(17)26-5-2)22-20(29)21-13-6-7-15-16(10-13)28-11-27-15/h6-10H,4-5,11H2,1-3H3,(H2,21,22,29). The molecule has 3 rings (SSSR count). The van der Waals surface area contributed by atoms with E-state index in [0.717, 1.165) is 5.69 Å². The van der Waals surface area contributed by atoms with Crippen molar-refractivity contribution in [2.45, 2.75) is 13.8 Å². The third kappa shape index (κ3) is 4.80. The fraction of sp³-hybridized carbons (Fsp3) is 0.300. The Morgan fingerprint density at radius 2 is 1.83 bits per heavy atom. The molecule has 1 heterocycles. The summed E-state index contributed by atoms with van der Waals surface area (Å²) >= 11 is 5.43. The highest BCUT2D eigenvalue weighted by Gasteiger charge is 2.19. The first-order valence-electron chi connectivity index (χ1n) is 9.05. The van der Waals surface area contributed by atoms with Crippen LogP contribution in [0.1, 0.15) is 24.2 Å². The lowest BCUT2D eigenvalue weighted by atomic mass is 10.1. The number of hydrogen-bond donors (Lipinski definition) is 2. The fourth-order valence-corrected chi connectivity index (χ4v) is 2.97. The molecule has 2 N–H and O–H groups in total. The normalized spacial score (nSPS) is 11.6. The molecule has 0 unspecified atom stereocenters. The molecule has 0 bridgehead atoms. The summed E-state index contributed by atoms with van der Waals surface area (Å²) in [5.41, 5.74) is 1.52. The van der Waals surface area contributed by atoms with Crippen LogP contribution >= 0.6 is 12.2 Å². The Morgan fingerprint density at radius 1 is 1.07 bits per heavy atom. The van der Waals surface area contributed by atoms with Crippen LogP contribution in [-0.4, -0.2) is 38.2 Å². The molecule has 29 heavy (non-hydrogen) atoms. The molecule has 1 aliphatic heterocycles. The van der Waals surface area contributed by atoms with Gasteiger partial charge in [-0.25, -0.2) is 4.79 Å². The number of carbonyl (C=O) groups excluding carboxylic acids is 1. The minimum atomic E-state index is -0.494. The Balaban J connectivity index is 1.86. The third-order valence-corrected chi connectivity index (χ3v) is 4.15. The number of anilines is 2. The van der Waals surface area contributed by atoms with Crippen LogP contribution in [0.4, 0.5) is 11.4 Å². The van der Waals surface area contributed by atoms with E-state index >= 15 is 0 Å². The molecule has 0 amide bonds. The van der Waals surface area contributed by atoms with Crippen molar-refractivity contribution in [3.05, 3.63) is 35.9 Å². The fourth-order valence-electron chi connectivity index (χ4n) is 2.75. The average Bonchev–Trinajstić information content (AvgIpc) is 3.17.